The molecule has 2 aliphatic carbocycles. The number of hydroxylamine groups is 2. The molecule has 13 heteroatoms. The molecular formula is C39H47N3O10. The SMILES string of the molecule is CN(C)C(=O)C=Cc1cccc(CN2O[C@@H]3[C@H]4OC5(Cc6ccccc6C5)O[C@H]4[C@@H]4C[C@]3(C(=O)N[C@H](CO)CCC(=O)OC(C)(C)C)[C@@H]2C(=O)O4)c1. The first-order valence-electron chi connectivity index (χ1n) is 17.9. The molecule has 3 heterocycles. The highest BCUT2D eigenvalue weighted by atomic mass is 16.8. The van der Waals surface area contributed by atoms with Gasteiger partial charge in [0.2, 0.25) is 11.8 Å². The molecule has 7 rings (SSSR count). The number of esters is 2. The van der Waals surface area contributed by atoms with Gasteiger partial charge in [0.25, 0.3) is 0 Å². The van der Waals surface area contributed by atoms with Gasteiger partial charge >= 0.3 is 11.9 Å². The third-order valence-corrected chi connectivity index (χ3v) is 10.5. The maximum absolute atomic E-state index is 14.7. The van der Waals surface area contributed by atoms with Crippen LogP contribution in [0.3, 0.4) is 0 Å². The number of amides is 2. The lowest BCUT2D eigenvalue weighted by Crippen LogP contribution is -2.70. The first kappa shape index (κ1) is 36.2. The predicted octanol–water partition coefficient (Wildman–Crippen LogP) is 2.47. The first-order chi connectivity index (χ1) is 24.7. The molecule has 1 saturated carbocycles. The van der Waals surface area contributed by atoms with Crippen LogP contribution in [0.4, 0.5) is 0 Å². The van der Waals surface area contributed by atoms with E-state index in [9.17, 15) is 24.3 Å². The molecule has 3 saturated heterocycles. The van der Waals surface area contributed by atoms with Gasteiger partial charge in [-0.05, 0) is 55.5 Å². The van der Waals surface area contributed by atoms with E-state index in [1.807, 2.05) is 48.5 Å². The molecule has 2 aromatic rings. The second kappa shape index (κ2) is 13.7. The van der Waals surface area contributed by atoms with E-state index in [1.54, 1.807) is 40.9 Å². The van der Waals surface area contributed by atoms with Crippen molar-refractivity contribution in [3.05, 3.63) is 76.9 Å². The maximum Gasteiger partial charge on any atom is 0.327 e. The van der Waals surface area contributed by atoms with Crippen molar-refractivity contribution in [1.82, 2.24) is 15.3 Å². The van der Waals surface area contributed by atoms with Crippen LogP contribution in [0.15, 0.2) is 54.6 Å². The third-order valence-electron chi connectivity index (χ3n) is 10.5. The molecule has 3 aliphatic heterocycles. The zero-order chi connectivity index (χ0) is 37.0. The Morgan fingerprint density at radius 3 is 2.46 bits per heavy atom. The van der Waals surface area contributed by atoms with Gasteiger partial charge in [0.1, 0.15) is 35.4 Å². The highest BCUT2D eigenvalue weighted by Crippen LogP contribution is 2.58. The van der Waals surface area contributed by atoms with E-state index in [0.717, 1.165) is 22.3 Å². The van der Waals surface area contributed by atoms with E-state index < -0.39 is 77.8 Å². The molecule has 0 aromatic heterocycles. The minimum Gasteiger partial charge on any atom is -0.460 e. The van der Waals surface area contributed by atoms with Crippen molar-refractivity contribution in [3.8, 4) is 0 Å². The third kappa shape index (κ3) is 6.76. The Kier molecular flexibility index (Phi) is 9.53. The zero-order valence-electron chi connectivity index (χ0n) is 30.2. The van der Waals surface area contributed by atoms with Crippen LogP contribution in [0.1, 0.15) is 62.3 Å². The van der Waals surface area contributed by atoms with E-state index in [0.29, 0.717) is 12.8 Å². The molecule has 2 amide bonds. The number of rotatable bonds is 10. The Morgan fingerprint density at radius 1 is 1.08 bits per heavy atom. The number of aliphatic hydroxyl groups is 1. The van der Waals surface area contributed by atoms with Gasteiger partial charge < -0.3 is 34.3 Å². The van der Waals surface area contributed by atoms with Gasteiger partial charge in [-0.1, -0.05) is 48.5 Å². The molecule has 2 N–H and O–H groups in total. The molecule has 52 heavy (non-hydrogen) atoms. The van der Waals surface area contributed by atoms with Crippen LogP contribution in [0.2, 0.25) is 0 Å². The summed E-state index contributed by atoms with van der Waals surface area (Å²) in [5, 5.41) is 14.8. The number of carbonyl (C=O) groups excluding carboxylic acids is 4. The fourth-order valence-electron chi connectivity index (χ4n) is 8.26. The summed E-state index contributed by atoms with van der Waals surface area (Å²) in [6.07, 6.45) is 1.29. The number of fused-ring (bicyclic) bond motifs is 5. The molecule has 13 nitrogen and oxygen atoms in total. The fraction of sp³-hybridized carbons (Fsp3) is 0.538. The van der Waals surface area contributed by atoms with E-state index in [4.69, 9.17) is 23.8 Å². The molecule has 1 spiro atoms. The molecular weight excluding hydrogens is 670 g/mol. The number of nitrogens with zero attached hydrogens (tertiary/aromatic N) is 2. The van der Waals surface area contributed by atoms with Crippen molar-refractivity contribution in [2.45, 2.75) is 107 Å². The number of hydrogen-bond donors (Lipinski definition) is 2. The van der Waals surface area contributed by atoms with Crippen molar-refractivity contribution in [2.24, 2.45) is 5.41 Å². The van der Waals surface area contributed by atoms with Crippen LogP contribution in [-0.2, 0) is 62.3 Å². The van der Waals surface area contributed by atoms with Crippen LogP contribution < -0.4 is 5.32 Å². The number of nitrogens with one attached hydrogen (secondary N) is 1. The summed E-state index contributed by atoms with van der Waals surface area (Å²) < 4.78 is 25.0. The lowest BCUT2D eigenvalue weighted by molar-refractivity contribution is -0.217. The number of hydrogen-bond acceptors (Lipinski definition) is 11. The molecule has 7 atom stereocenters. The summed E-state index contributed by atoms with van der Waals surface area (Å²) in [5.41, 5.74) is 1.63. The minimum absolute atomic E-state index is 0.0222. The number of ether oxygens (including phenoxy) is 4. The average Bonchev–Trinajstić information content (AvgIpc) is 3.76. The fourth-order valence-corrected chi connectivity index (χ4v) is 8.26. The predicted molar refractivity (Wildman–Crippen MR) is 186 cm³/mol. The molecule has 2 aromatic carbocycles. The van der Waals surface area contributed by atoms with Crippen molar-refractivity contribution in [1.29, 1.82) is 0 Å². The second-order valence-electron chi connectivity index (χ2n) is 15.7. The lowest BCUT2D eigenvalue weighted by Gasteiger charge is -2.49. The maximum atomic E-state index is 14.7. The van der Waals surface area contributed by atoms with Gasteiger partial charge in [-0.2, -0.15) is 5.06 Å². The summed E-state index contributed by atoms with van der Waals surface area (Å²) >= 11 is 0. The van der Waals surface area contributed by atoms with E-state index >= 15 is 0 Å². The van der Waals surface area contributed by atoms with Crippen LogP contribution in [0.5, 0.6) is 0 Å². The minimum atomic E-state index is -1.46. The quantitative estimate of drug-likeness (QED) is 0.276. The topological polar surface area (TPSA) is 153 Å². The Hall–Kier alpha value is -4.14. The Labute approximate surface area is 303 Å². The Morgan fingerprint density at radius 2 is 1.79 bits per heavy atom. The second-order valence-corrected chi connectivity index (χ2v) is 15.7. The molecule has 5 aliphatic rings. The Balaban J connectivity index is 1.19. The summed E-state index contributed by atoms with van der Waals surface area (Å²) in [4.78, 5) is 61.6. The molecule has 4 fully saturated rings. The van der Waals surface area contributed by atoms with Gasteiger partial charge in [0.05, 0.1) is 19.2 Å². The number of aliphatic hydroxyl groups excluding tert-OH is 1. The monoisotopic (exact) mass is 717 g/mol. The van der Waals surface area contributed by atoms with Gasteiger partial charge in [-0.25, -0.2) is 0 Å². The smallest absolute Gasteiger partial charge is 0.327 e. The summed E-state index contributed by atoms with van der Waals surface area (Å²) in [6.45, 7) is 5.01. The van der Waals surface area contributed by atoms with Gasteiger partial charge in [-0.3, -0.25) is 24.0 Å². The highest BCUT2D eigenvalue weighted by Gasteiger charge is 2.76. The van der Waals surface area contributed by atoms with Crippen LogP contribution in [0, 0.1) is 5.41 Å². The van der Waals surface area contributed by atoms with Gasteiger partial charge in [0.15, 0.2) is 11.8 Å². The van der Waals surface area contributed by atoms with Crippen molar-refractivity contribution in [3.63, 3.8) is 0 Å². The summed E-state index contributed by atoms with van der Waals surface area (Å²) in [7, 11) is 3.35. The zero-order valence-corrected chi connectivity index (χ0v) is 30.2. The number of carbonyl (C=O) groups is 4. The van der Waals surface area contributed by atoms with Crippen molar-refractivity contribution in [2.75, 3.05) is 20.7 Å². The van der Waals surface area contributed by atoms with Gasteiger partial charge in [0, 0.05) is 45.9 Å². The van der Waals surface area contributed by atoms with Gasteiger partial charge in [-0.15, -0.1) is 0 Å². The number of likely N-dealkylation sites (N-methyl/N-ethyl adjacent to an activating group) is 1. The largest absolute Gasteiger partial charge is 0.460 e. The van der Waals surface area contributed by atoms with Crippen molar-refractivity contribution >= 4 is 29.8 Å². The first-order valence-corrected chi connectivity index (χ1v) is 17.9. The van der Waals surface area contributed by atoms with Crippen LogP contribution in [-0.4, -0.2) is 107 Å². The number of benzene rings is 2. The van der Waals surface area contributed by atoms with E-state index in [1.165, 1.54) is 16.0 Å². The summed E-state index contributed by atoms with van der Waals surface area (Å²) in [5.74, 6) is -2.72. The van der Waals surface area contributed by atoms with Crippen LogP contribution >= 0.6 is 0 Å². The Bertz CT molecular complexity index is 1750. The molecule has 0 radical (unpaired) electrons. The summed E-state index contributed by atoms with van der Waals surface area (Å²) in [6, 6.07) is 13.6. The molecule has 2 bridgehead atoms. The molecule has 0 unspecified atom stereocenters. The average molecular weight is 718 g/mol. The normalized spacial score (nSPS) is 29.0. The highest BCUT2D eigenvalue weighted by molar-refractivity contribution is 5.94. The molecule has 278 valence electrons. The van der Waals surface area contributed by atoms with E-state index in [-0.39, 0.29) is 31.7 Å². The lowest BCUT2D eigenvalue weighted by atomic mass is 9.62. The standard InChI is InChI=1S/C39H47N3O10/c1-37(2,3)49-30(45)16-14-27(22-43)40-36(47)39-20-28-31-32(51-38(50-31)18-25-11-6-7-12-26(25)19-38)34(39)52-42(33(39)35(46)48-28)21-24-10-8-9-23(17-24)13-15-29(44)41(4)5/h6-13,15,17,27-28,31-34,43H,14,16,18-22H2,1-5H3,(H,40,47)/t27-,28-,31-,32-,33-,34+,39-/m0/s1. The van der Waals surface area contributed by atoms with E-state index in [2.05, 4.69) is 5.32 Å². The van der Waals surface area contributed by atoms with Crippen molar-refractivity contribution < 1.29 is 48.1 Å². The van der Waals surface area contributed by atoms with Crippen LogP contribution in [0.25, 0.3) is 6.08 Å².